The minimum atomic E-state index is -0.300. The number of hydrogen-bond donors (Lipinski definition) is 1. The van der Waals surface area contributed by atoms with E-state index in [1.807, 2.05) is 0 Å². The summed E-state index contributed by atoms with van der Waals surface area (Å²) in [4.78, 5) is 25.7. The quantitative estimate of drug-likeness (QED) is 0.840. The zero-order valence-electron chi connectivity index (χ0n) is 14.5. The van der Waals surface area contributed by atoms with E-state index in [0.717, 1.165) is 0 Å². The first-order chi connectivity index (χ1) is 12.5. The SMILES string of the molecule is COc1ccc(Cl)cc1NC(=O)CCN(C(C)=O)c1ccccc1C#N. The van der Waals surface area contributed by atoms with Crippen LogP contribution in [0.3, 0.4) is 0 Å². The summed E-state index contributed by atoms with van der Waals surface area (Å²) in [5.74, 6) is -0.0620. The van der Waals surface area contributed by atoms with Gasteiger partial charge in [-0.25, -0.2) is 0 Å². The van der Waals surface area contributed by atoms with Gasteiger partial charge in [0.25, 0.3) is 0 Å². The molecule has 0 unspecified atom stereocenters. The molecule has 0 fully saturated rings. The smallest absolute Gasteiger partial charge is 0.226 e. The van der Waals surface area contributed by atoms with Crippen LogP contribution in [-0.4, -0.2) is 25.5 Å². The van der Waals surface area contributed by atoms with Crippen molar-refractivity contribution in [3.05, 3.63) is 53.1 Å². The number of benzene rings is 2. The van der Waals surface area contributed by atoms with Crippen LogP contribution in [0, 0.1) is 11.3 Å². The fourth-order valence-electron chi connectivity index (χ4n) is 2.46. The molecule has 2 aromatic rings. The molecule has 0 saturated carbocycles. The van der Waals surface area contributed by atoms with E-state index in [1.165, 1.54) is 18.9 Å². The highest BCUT2D eigenvalue weighted by atomic mass is 35.5. The molecule has 2 aromatic carbocycles. The second-order valence-electron chi connectivity index (χ2n) is 5.44. The second kappa shape index (κ2) is 8.88. The van der Waals surface area contributed by atoms with Crippen LogP contribution in [0.15, 0.2) is 42.5 Å². The van der Waals surface area contributed by atoms with E-state index in [0.29, 0.717) is 27.7 Å². The van der Waals surface area contributed by atoms with Crippen molar-refractivity contribution in [2.45, 2.75) is 13.3 Å². The van der Waals surface area contributed by atoms with Gasteiger partial charge in [-0.3, -0.25) is 9.59 Å². The van der Waals surface area contributed by atoms with Crippen LogP contribution in [0.5, 0.6) is 5.75 Å². The lowest BCUT2D eigenvalue weighted by Crippen LogP contribution is -2.32. The molecule has 0 aliphatic carbocycles. The third kappa shape index (κ3) is 4.74. The van der Waals surface area contributed by atoms with E-state index in [1.54, 1.807) is 42.5 Å². The Kier molecular flexibility index (Phi) is 6.59. The molecule has 1 N–H and O–H groups in total. The van der Waals surface area contributed by atoms with Gasteiger partial charge in [0.2, 0.25) is 11.8 Å². The van der Waals surface area contributed by atoms with E-state index in [-0.39, 0.29) is 24.8 Å². The average Bonchev–Trinajstić information content (AvgIpc) is 2.62. The van der Waals surface area contributed by atoms with Gasteiger partial charge in [-0.15, -0.1) is 0 Å². The molecule has 0 atom stereocenters. The van der Waals surface area contributed by atoms with Gasteiger partial charge in [-0.1, -0.05) is 23.7 Å². The van der Waals surface area contributed by atoms with Gasteiger partial charge in [0.15, 0.2) is 0 Å². The molecule has 0 aliphatic heterocycles. The number of halogens is 1. The van der Waals surface area contributed by atoms with Crippen molar-refractivity contribution in [2.75, 3.05) is 23.9 Å². The summed E-state index contributed by atoms with van der Waals surface area (Å²) >= 11 is 5.95. The Morgan fingerprint density at radius 3 is 2.65 bits per heavy atom. The zero-order valence-corrected chi connectivity index (χ0v) is 15.2. The van der Waals surface area contributed by atoms with Crippen molar-refractivity contribution < 1.29 is 14.3 Å². The van der Waals surface area contributed by atoms with Gasteiger partial charge in [0, 0.05) is 24.9 Å². The van der Waals surface area contributed by atoms with Crippen molar-refractivity contribution in [3.63, 3.8) is 0 Å². The predicted molar refractivity (Wildman–Crippen MR) is 100 cm³/mol. The summed E-state index contributed by atoms with van der Waals surface area (Å²) in [6.45, 7) is 1.54. The van der Waals surface area contributed by atoms with Gasteiger partial charge in [0.05, 0.1) is 24.0 Å². The molecule has 0 spiro atoms. The highest BCUT2D eigenvalue weighted by Gasteiger charge is 2.17. The van der Waals surface area contributed by atoms with Crippen molar-refractivity contribution in [3.8, 4) is 11.8 Å². The molecule has 0 bridgehead atoms. The standard InChI is InChI=1S/C19H18ClN3O3/c1-13(24)23(17-6-4-3-5-14(17)12-21)10-9-19(25)22-16-11-15(20)7-8-18(16)26-2/h3-8,11H,9-10H2,1-2H3,(H,22,25). The first-order valence-electron chi connectivity index (χ1n) is 7.87. The lowest BCUT2D eigenvalue weighted by Gasteiger charge is -2.22. The highest BCUT2D eigenvalue weighted by molar-refractivity contribution is 6.31. The van der Waals surface area contributed by atoms with Crippen LogP contribution in [0.2, 0.25) is 5.02 Å². The predicted octanol–water partition coefficient (Wildman–Crippen LogP) is 3.60. The molecule has 0 aliphatic rings. The first kappa shape index (κ1) is 19.3. The summed E-state index contributed by atoms with van der Waals surface area (Å²) < 4.78 is 5.19. The Balaban J connectivity index is 2.10. The van der Waals surface area contributed by atoms with Gasteiger partial charge in [0.1, 0.15) is 11.8 Å². The number of ether oxygens (including phenoxy) is 1. The molecule has 7 heteroatoms. The van der Waals surface area contributed by atoms with Gasteiger partial charge < -0.3 is 15.0 Å². The molecule has 0 saturated heterocycles. The Morgan fingerprint density at radius 2 is 2.00 bits per heavy atom. The molecular weight excluding hydrogens is 354 g/mol. The van der Waals surface area contributed by atoms with Crippen LogP contribution in [0.25, 0.3) is 0 Å². The van der Waals surface area contributed by atoms with Gasteiger partial charge in [-0.05, 0) is 30.3 Å². The number of nitrogens with one attached hydrogen (secondary N) is 1. The monoisotopic (exact) mass is 371 g/mol. The number of anilines is 2. The van der Waals surface area contributed by atoms with Gasteiger partial charge >= 0.3 is 0 Å². The number of amides is 2. The highest BCUT2D eigenvalue weighted by Crippen LogP contribution is 2.28. The van der Waals surface area contributed by atoms with Crippen LogP contribution in [0.4, 0.5) is 11.4 Å². The number of nitriles is 1. The molecule has 6 nitrogen and oxygen atoms in total. The van der Waals surface area contributed by atoms with Crippen LogP contribution >= 0.6 is 11.6 Å². The maximum atomic E-state index is 12.3. The third-order valence-electron chi connectivity index (χ3n) is 3.69. The fourth-order valence-corrected chi connectivity index (χ4v) is 2.63. The number of rotatable bonds is 6. The largest absolute Gasteiger partial charge is 0.495 e. The van der Waals surface area contributed by atoms with E-state index in [2.05, 4.69) is 11.4 Å². The number of para-hydroxylation sites is 1. The summed E-state index contributed by atoms with van der Waals surface area (Å²) in [6, 6.07) is 13.7. The molecule has 2 amide bonds. The molecule has 2 rings (SSSR count). The second-order valence-corrected chi connectivity index (χ2v) is 5.88. The zero-order chi connectivity index (χ0) is 19.1. The van der Waals surface area contributed by atoms with Crippen LogP contribution < -0.4 is 15.0 Å². The minimum absolute atomic E-state index is 0.0506. The van der Waals surface area contributed by atoms with Crippen molar-refractivity contribution in [1.82, 2.24) is 0 Å². The maximum absolute atomic E-state index is 12.3. The molecule has 26 heavy (non-hydrogen) atoms. The summed E-state index contributed by atoms with van der Waals surface area (Å²) in [5.41, 5.74) is 1.31. The summed E-state index contributed by atoms with van der Waals surface area (Å²) in [6.07, 6.45) is 0.0506. The van der Waals surface area contributed by atoms with E-state index in [4.69, 9.17) is 16.3 Å². The number of methoxy groups -OCH3 is 1. The number of hydrogen-bond acceptors (Lipinski definition) is 4. The Bertz CT molecular complexity index is 861. The topological polar surface area (TPSA) is 82.4 Å². The van der Waals surface area contributed by atoms with Crippen LogP contribution in [-0.2, 0) is 9.59 Å². The van der Waals surface area contributed by atoms with Crippen LogP contribution in [0.1, 0.15) is 18.9 Å². The third-order valence-corrected chi connectivity index (χ3v) is 3.93. The van der Waals surface area contributed by atoms with Crippen molar-refractivity contribution in [1.29, 1.82) is 5.26 Å². The van der Waals surface area contributed by atoms with Crippen molar-refractivity contribution in [2.24, 2.45) is 0 Å². The Labute approximate surface area is 156 Å². The minimum Gasteiger partial charge on any atom is -0.495 e. The molecular formula is C19H18ClN3O3. The lowest BCUT2D eigenvalue weighted by molar-refractivity contribution is -0.117. The normalized spacial score (nSPS) is 9.92. The Hall–Kier alpha value is -3.04. The molecule has 0 aromatic heterocycles. The number of nitrogens with zero attached hydrogens (tertiary/aromatic N) is 2. The fraction of sp³-hybridized carbons (Fsp3) is 0.211. The van der Waals surface area contributed by atoms with Gasteiger partial charge in [-0.2, -0.15) is 5.26 Å². The van der Waals surface area contributed by atoms with E-state index < -0.39 is 0 Å². The molecule has 134 valence electrons. The average molecular weight is 372 g/mol. The number of carbonyl (C=O) groups excluding carboxylic acids is 2. The first-order valence-corrected chi connectivity index (χ1v) is 8.24. The maximum Gasteiger partial charge on any atom is 0.226 e. The molecule has 0 radical (unpaired) electrons. The van der Waals surface area contributed by atoms with E-state index >= 15 is 0 Å². The summed E-state index contributed by atoms with van der Waals surface area (Å²) in [7, 11) is 1.50. The lowest BCUT2D eigenvalue weighted by atomic mass is 10.1. The Morgan fingerprint density at radius 1 is 1.27 bits per heavy atom. The van der Waals surface area contributed by atoms with Crippen molar-refractivity contribution >= 4 is 34.8 Å². The molecule has 0 heterocycles. The summed E-state index contributed by atoms with van der Waals surface area (Å²) in [5, 5.41) is 12.4. The van der Waals surface area contributed by atoms with E-state index in [9.17, 15) is 14.9 Å². The number of carbonyl (C=O) groups is 2.